The molecule has 7 nitrogen and oxygen atoms in total. The molecule has 1 saturated carbocycles. The van der Waals surface area contributed by atoms with Crippen molar-refractivity contribution in [3.05, 3.63) is 54.2 Å². The monoisotopic (exact) mass is 492 g/mol. The number of nitrogens with one attached hydrogen (secondary N) is 1. The van der Waals surface area contributed by atoms with Crippen LogP contribution in [0.5, 0.6) is 0 Å². The number of allylic oxidation sites excluding steroid dienone is 3. The first-order chi connectivity index (χ1) is 17.4. The van der Waals surface area contributed by atoms with Crippen molar-refractivity contribution in [1.29, 1.82) is 0 Å². The lowest BCUT2D eigenvalue weighted by atomic mass is 9.99. The highest BCUT2D eigenvalue weighted by Gasteiger charge is 2.26. The number of carbonyl (C=O) groups is 1. The van der Waals surface area contributed by atoms with Crippen LogP contribution in [0, 0.1) is 5.92 Å². The molecule has 7 heteroatoms. The third-order valence-electron chi connectivity index (χ3n) is 7.06. The van der Waals surface area contributed by atoms with Gasteiger partial charge in [0.2, 0.25) is 5.95 Å². The Kier molecular flexibility index (Phi) is 9.73. The highest BCUT2D eigenvalue weighted by Crippen LogP contribution is 2.34. The van der Waals surface area contributed by atoms with Crippen molar-refractivity contribution in [2.75, 3.05) is 32.5 Å². The van der Waals surface area contributed by atoms with E-state index < -0.39 is 0 Å². The molecule has 196 valence electrons. The Hall–Kier alpha value is -3.09. The Morgan fingerprint density at radius 3 is 2.42 bits per heavy atom. The molecule has 1 aliphatic heterocycles. The van der Waals surface area contributed by atoms with Crippen LogP contribution in [0.15, 0.2) is 48.5 Å². The van der Waals surface area contributed by atoms with Crippen LogP contribution < -0.4 is 5.32 Å². The van der Waals surface area contributed by atoms with Crippen molar-refractivity contribution in [3.63, 3.8) is 0 Å². The molecule has 1 amide bonds. The minimum atomic E-state index is -0.00209. The fourth-order valence-electron chi connectivity index (χ4n) is 5.02. The van der Waals surface area contributed by atoms with E-state index in [-0.39, 0.29) is 5.91 Å². The Balaban J connectivity index is 0.00000176. The van der Waals surface area contributed by atoms with Gasteiger partial charge in [0.15, 0.2) is 0 Å². The summed E-state index contributed by atoms with van der Waals surface area (Å²) in [4.78, 5) is 26.3. The summed E-state index contributed by atoms with van der Waals surface area (Å²) >= 11 is 0. The van der Waals surface area contributed by atoms with Crippen molar-refractivity contribution in [2.45, 2.75) is 72.3 Å². The Morgan fingerprint density at radius 1 is 1.14 bits per heavy atom. The topological polar surface area (TPSA) is 66.3 Å². The van der Waals surface area contributed by atoms with Gasteiger partial charge in [0.05, 0.1) is 0 Å². The number of anilines is 1. The second-order valence-corrected chi connectivity index (χ2v) is 9.88. The number of rotatable bonds is 7. The first-order valence-electron chi connectivity index (χ1n) is 13.5. The van der Waals surface area contributed by atoms with Crippen LogP contribution >= 0.6 is 0 Å². The smallest absolute Gasteiger partial charge is 0.270 e. The third kappa shape index (κ3) is 6.37. The van der Waals surface area contributed by atoms with E-state index in [0.29, 0.717) is 17.7 Å². The van der Waals surface area contributed by atoms with Crippen LogP contribution in [-0.2, 0) is 0 Å². The standard InChI is InChI=1S/C27H38N6O.C2H6/c1-6-22(32-15-13-19(2)14-16-32)12-11-20(3)29-27-28-18-21-17-24(26(34)31(4)5)33(25(21)30-27)23-9-7-8-10-23;1-2/h6,11-12,17-19,23H,3,7-10,13-16H2,1-2,4-5H3,(H,28,29,30);1-2H3/b12-11-,22-6+;. The molecule has 2 fully saturated rings. The molecular formula is C29H44N6O. The Labute approximate surface area is 217 Å². The number of likely N-dealkylation sites (tertiary alicyclic amines) is 1. The van der Waals surface area contributed by atoms with Crippen molar-refractivity contribution in [3.8, 4) is 0 Å². The van der Waals surface area contributed by atoms with Crippen molar-refractivity contribution in [1.82, 2.24) is 24.3 Å². The highest BCUT2D eigenvalue weighted by molar-refractivity contribution is 5.97. The number of hydrogen-bond donors (Lipinski definition) is 1. The van der Waals surface area contributed by atoms with Crippen LogP contribution in [0.25, 0.3) is 11.0 Å². The summed E-state index contributed by atoms with van der Waals surface area (Å²) < 4.78 is 2.13. The molecule has 2 aliphatic rings. The summed E-state index contributed by atoms with van der Waals surface area (Å²) in [5, 5.41) is 4.13. The maximum Gasteiger partial charge on any atom is 0.270 e. The van der Waals surface area contributed by atoms with Gasteiger partial charge in [-0.1, -0.05) is 46.3 Å². The zero-order valence-electron chi connectivity index (χ0n) is 23.0. The summed E-state index contributed by atoms with van der Waals surface area (Å²) in [6.07, 6.45) is 15.0. The molecule has 0 unspecified atom stereocenters. The molecular weight excluding hydrogens is 448 g/mol. The summed E-state index contributed by atoms with van der Waals surface area (Å²) in [6, 6.07) is 2.22. The van der Waals surface area contributed by atoms with Crippen LogP contribution in [0.3, 0.4) is 0 Å². The number of aromatic nitrogens is 3. The van der Waals surface area contributed by atoms with Crippen LogP contribution in [0.4, 0.5) is 5.95 Å². The van der Waals surface area contributed by atoms with E-state index >= 15 is 0 Å². The van der Waals surface area contributed by atoms with Crippen molar-refractivity contribution < 1.29 is 4.79 Å². The molecule has 2 aromatic heterocycles. The van der Waals surface area contributed by atoms with E-state index in [0.717, 1.165) is 48.6 Å². The van der Waals surface area contributed by atoms with Crippen LogP contribution in [0.2, 0.25) is 0 Å². The van der Waals surface area contributed by atoms with Gasteiger partial charge >= 0.3 is 0 Å². The number of amides is 1. The molecule has 0 spiro atoms. The zero-order valence-corrected chi connectivity index (χ0v) is 23.0. The fraction of sp³-hybridized carbons (Fsp3) is 0.552. The molecule has 0 bridgehead atoms. The van der Waals surface area contributed by atoms with Crippen LogP contribution in [-0.4, -0.2) is 57.4 Å². The van der Waals surface area contributed by atoms with Gasteiger partial charge in [0, 0.05) is 56.2 Å². The first kappa shape index (κ1) is 27.5. The second kappa shape index (κ2) is 12.7. The van der Waals surface area contributed by atoms with Gasteiger partial charge in [-0.25, -0.2) is 4.98 Å². The molecule has 36 heavy (non-hydrogen) atoms. The zero-order chi connectivity index (χ0) is 26.2. The van der Waals surface area contributed by atoms with Gasteiger partial charge in [-0.05, 0) is 56.7 Å². The summed E-state index contributed by atoms with van der Waals surface area (Å²) in [5.74, 6) is 1.30. The maximum absolute atomic E-state index is 12.9. The summed E-state index contributed by atoms with van der Waals surface area (Å²) in [5.41, 5.74) is 3.44. The van der Waals surface area contributed by atoms with Crippen molar-refractivity contribution in [2.24, 2.45) is 5.92 Å². The molecule has 0 aromatic carbocycles. The van der Waals surface area contributed by atoms with Gasteiger partial charge < -0.3 is 19.7 Å². The fourth-order valence-corrected chi connectivity index (χ4v) is 5.02. The Bertz CT molecular complexity index is 1100. The molecule has 2 aromatic rings. The number of hydrogen-bond acceptors (Lipinski definition) is 5. The van der Waals surface area contributed by atoms with E-state index in [1.165, 1.54) is 31.4 Å². The van der Waals surface area contributed by atoms with E-state index in [1.807, 2.05) is 26.0 Å². The predicted molar refractivity (Wildman–Crippen MR) is 150 cm³/mol. The molecule has 1 saturated heterocycles. The lowest BCUT2D eigenvalue weighted by molar-refractivity contribution is 0.0815. The quantitative estimate of drug-likeness (QED) is 0.454. The van der Waals surface area contributed by atoms with E-state index in [9.17, 15) is 4.79 Å². The van der Waals surface area contributed by atoms with Crippen LogP contribution in [0.1, 0.15) is 82.8 Å². The average molecular weight is 493 g/mol. The Morgan fingerprint density at radius 2 is 1.81 bits per heavy atom. The number of fused-ring (bicyclic) bond motifs is 1. The normalized spacial score (nSPS) is 17.4. The molecule has 0 radical (unpaired) electrons. The summed E-state index contributed by atoms with van der Waals surface area (Å²) in [7, 11) is 3.58. The minimum absolute atomic E-state index is 0.00209. The second-order valence-electron chi connectivity index (χ2n) is 9.88. The average Bonchev–Trinajstić information content (AvgIpc) is 3.53. The van der Waals surface area contributed by atoms with Gasteiger partial charge in [-0.15, -0.1) is 0 Å². The van der Waals surface area contributed by atoms with Gasteiger partial charge in [0.1, 0.15) is 11.3 Å². The molecule has 3 heterocycles. The number of nitrogens with zero attached hydrogens (tertiary/aromatic N) is 5. The van der Waals surface area contributed by atoms with E-state index in [4.69, 9.17) is 4.98 Å². The third-order valence-corrected chi connectivity index (χ3v) is 7.06. The summed E-state index contributed by atoms with van der Waals surface area (Å²) in [6.45, 7) is 14.8. The minimum Gasteiger partial charge on any atom is -0.372 e. The number of piperidine rings is 1. The van der Waals surface area contributed by atoms with E-state index in [1.54, 1.807) is 25.2 Å². The largest absolute Gasteiger partial charge is 0.372 e. The lowest BCUT2D eigenvalue weighted by Crippen LogP contribution is -2.31. The lowest BCUT2D eigenvalue weighted by Gasteiger charge is -2.32. The molecule has 1 aliphatic carbocycles. The maximum atomic E-state index is 12.9. The SMILES string of the molecule is C=C(/C=C\C(=C/C)N1CCC(C)CC1)Nc1ncc2cc(C(=O)N(C)C)n(C3CCCC3)c2n1.CC. The number of carbonyl (C=O) groups excluding carboxylic acids is 1. The predicted octanol–water partition coefficient (Wildman–Crippen LogP) is 6.39. The van der Waals surface area contributed by atoms with Crippen molar-refractivity contribution >= 4 is 22.9 Å². The van der Waals surface area contributed by atoms with Gasteiger partial charge in [-0.3, -0.25) is 4.79 Å². The highest BCUT2D eigenvalue weighted by atomic mass is 16.2. The first-order valence-corrected chi connectivity index (χ1v) is 13.5. The van der Waals surface area contributed by atoms with E-state index in [2.05, 4.69) is 52.3 Å². The van der Waals surface area contributed by atoms with Gasteiger partial charge in [-0.2, -0.15) is 4.98 Å². The molecule has 1 N–H and O–H groups in total. The molecule has 4 rings (SSSR count). The van der Waals surface area contributed by atoms with Gasteiger partial charge in [0.25, 0.3) is 5.91 Å². The molecule has 0 atom stereocenters.